The molecule has 0 spiro atoms. The van der Waals surface area contributed by atoms with Gasteiger partial charge in [0, 0.05) is 11.1 Å². The smallest absolute Gasteiger partial charge is 0.338 e. The molecule has 0 saturated heterocycles. The number of para-hydroxylation sites is 2. The van der Waals surface area contributed by atoms with Gasteiger partial charge in [0.05, 0.1) is 36.1 Å². The van der Waals surface area contributed by atoms with Crippen molar-refractivity contribution in [2.24, 2.45) is 4.99 Å². The molecule has 2 heterocycles. The molecule has 0 saturated carbocycles. The van der Waals surface area contributed by atoms with Gasteiger partial charge in [0.1, 0.15) is 17.5 Å². The summed E-state index contributed by atoms with van der Waals surface area (Å²) in [4.78, 5) is 31.9. The first-order chi connectivity index (χ1) is 16.5. The maximum absolute atomic E-state index is 13.7. The van der Waals surface area contributed by atoms with Crippen LogP contribution < -0.4 is 24.4 Å². The lowest BCUT2D eigenvalue weighted by molar-refractivity contribution is -0.139. The van der Waals surface area contributed by atoms with E-state index in [1.807, 2.05) is 55.5 Å². The maximum atomic E-state index is 13.7. The molecule has 176 valence electrons. The van der Waals surface area contributed by atoms with Crippen molar-refractivity contribution < 1.29 is 19.0 Å². The molecule has 0 amide bonds. The minimum absolute atomic E-state index is 0.216. The number of carbonyl (C=O) groups excluding carboxylic acids is 1. The lowest BCUT2D eigenvalue weighted by Crippen LogP contribution is -2.40. The second kappa shape index (κ2) is 10.1. The van der Waals surface area contributed by atoms with Gasteiger partial charge in [-0.2, -0.15) is 0 Å². The average Bonchev–Trinajstić information content (AvgIpc) is 3.13. The van der Waals surface area contributed by atoms with Gasteiger partial charge in [0.25, 0.3) is 5.56 Å². The first kappa shape index (κ1) is 23.5. The molecule has 7 nitrogen and oxygen atoms in total. The average molecular weight is 479 g/mol. The van der Waals surface area contributed by atoms with Gasteiger partial charge in [-0.3, -0.25) is 9.36 Å². The van der Waals surface area contributed by atoms with Crippen LogP contribution in [0.2, 0.25) is 0 Å². The SMILES string of the molecule is CCOC(=O)C1=C(C)N=c2s/c(=C\c3ccccc3OC)c(=O)n2[C@@H]1c1ccccc1OCC. The van der Waals surface area contributed by atoms with Gasteiger partial charge in [0.15, 0.2) is 4.80 Å². The van der Waals surface area contributed by atoms with Crippen molar-refractivity contribution in [3.63, 3.8) is 0 Å². The van der Waals surface area contributed by atoms with E-state index in [0.29, 0.717) is 44.3 Å². The molecule has 0 fully saturated rings. The Balaban J connectivity index is 2.00. The van der Waals surface area contributed by atoms with E-state index >= 15 is 0 Å². The lowest BCUT2D eigenvalue weighted by Gasteiger charge is -2.26. The number of carbonyl (C=O) groups is 1. The zero-order valence-corrected chi connectivity index (χ0v) is 20.3. The summed E-state index contributed by atoms with van der Waals surface area (Å²) >= 11 is 1.27. The molecule has 1 atom stereocenters. The van der Waals surface area contributed by atoms with Crippen molar-refractivity contribution >= 4 is 23.4 Å². The van der Waals surface area contributed by atoms with E-state index in [2.05, 4.69) is 4.99 Å². The molecule has 1 aromatic heterocycles. The van der Waals surface area contributed by atoms with Crippen LogP contribution in [0.5, 0.6) is 11.5 Å². The highest BCUT2D eigenvalue weighted by molar-refractivity contribution is 7.07. The molecule has 1 aliphatic rings. The van der Waals surface area contributed by atoms with Crippen LogP contribution in [0.1, 0.15) is 37.9 Å². The quantitative estimate of drug-likeness (QED) is 0.488. The summed E-state index contributed by atoms with van der Waals surface area (Å²) in [5.41, 5.74) is 2.07. The van der Waals surface area contributed by atoms with Gasteiger partial charge < -0.3 is 14.2 Å². The minimum Gasteiger partial charge on any atom is -0.496 e. The van der Waals surface area contributed by atoms with Gasteiger partial charge in [-0.25, -0.2) is 9.79 Å². The van der Waals surface area contributed by atoms with Crippen LogP contribution in [0.15, 0.2) is 69.6 Å². The van der Waals surface area contributed by atoms with Gasteiger partial charge in [-0.1, -0.05) is 47.7 Å². The number of methoxy groups -OCH3 is 1. The number of ether oxygens (including phenoxy) is 3. The Morgan fingerprint density at radius 3 is 2.50 bits per heavy atom. The highest BCUT2D eigenvalue weighted by Gasteiger charge is 2.35. The zero-order valence-electron chi connectivity index (χ0n) is 19.5. The standard InChI is InChI=1S/C26H26N2O5S/c1-5-32-20-14-10-8-12-18(20)23-22(25(30)33-6-2)16(3)27-26-28(23)24(29)21(34-26)15-17-11-7-9-13-19(17)31-4/h7-15,23H,5-6H2,1-4H3/b21-15-/t23-/m1/s1. The van der Waals surface area contributed by atoms with Crippen LogP contribution in [-0.4, -0.2) is 30.9 Å². The summed E-state index contributed by atoms with van der Waals surface area (Å²) in [6.07, 6.45) is 1.79. The Kier molecular flexibility index (Phi) is 6.98. The summed E-state index contributed by atoms with van der Waals surface area (Å²) in [6.45, 7) is 6.07. The van der Waals surface area contributed by atoms with Gasteiger partial charge in [-0.15, -0.1) is 0 Å². The topological polar surface area (TPSA) is 79.1 Å². The molecule has 0 bridgehead atoms. The number of allylic oxidation sites excluding steroid dienone is 1. The molecular formula is C26H26N2O5S. The Morgan fingerprint density at radius 2 is 1.79 bits per heavy atom. The van der Waals surface area contributed by atoms with Crippen LogP contribution in [0.4, 0.5) is 0 Å². The highest BCUT2D eigenvalue weighted by atomic mass is 32.1. The van der Waals surface area contributed by atoms with E-state index in [4.69, 9.17) is 14.2 Å². The Bertz CT molecular complexity index is 1430. The summed E-state index contributed by atoms with van der Waals surface area (Å²) < 4.78 is 18.7. The highest BCUT2D eigenvalue weighted by Crippen LogP contribution is 2.35. The molecule has 0 unspecified atom stereocenters. The fourth-order valence-electron chi connectivity index (χ4n) is 4.01. The normalized spacial score (nSPS) is 15.5. The second-order valence-electron chi connectivity index (χ2n) is 7.52. The first-order valence-corrected chi connectivity index (χ1v) is 11.9. The number of hydrogen-bond acceptors (Lipinski definition) is 7. The molecule has 34 heavy (non-hydrogen) atoms. The third-order valence-corrected chi connectivity index (χ3v) is 6.44. The molecule has 0 N–H and O–H groups in total. The zero-order chi connectivity index (χ0) is 24.2. The van der Waals surface area contributed by atoms with Crippen LogP contribution in [-0.2, 0) is 9.53 Å². The number of hydrogen-bond donors (Lipinski definition) is 0. The molecule has 8 heteroatoms. The molecular weight excluding hydrogens is 452 g/mol. The monoisotopic (exact) mass is 478 g/mol. The number of thiazole rings is 1. The lowest BCUT2D eigenvalue weighted by atomic mass is 9.95. The fourth-order valence-corrected chi connectivity index (χ4v) is 5.04. The molecule has 1 aliphatic heterocycles. The van der Waals surface area contributed by atoms with E-state index in [0.717, 1.165) is 5.56 Å². The molecule has 3 aromatic rings. The van der Waals surface area contributed by atoms with Crippen molar-refractivity contribution in [3.05, 3.63) is 90.6 Å². The maximum Gasteiger partial charge on any atom is 0.338 e. The Labute approximate surface area is 201 Å². The van der Waals surface area contributed by atoms with E-state index in [9.17, 15) is 9.59 Å². The predicted octanol–water partition coefficient (Wildman–Crippen LogP) is 3.21. The summed E-state index contributed by atoms with van der Waals surface area (Å²) in [5.74, 6) is 0.764. The van der Waals surface area contributed by atoms with E-state index in [-0.39, 0.29) is 12.2 Å². The van der Waals surface area contributed by atoms with Gasteiger partial charge in [-0.05, 0) is 39.0 Å². The largest absolute Gasteiger partial charge is 0.496 e. The summed E-state index contributed by atoms with van der Waals surface area (Å²) in [5, 5.41) is 0. The van der Waals surface area contributed by atoms with E-state index < -0.39 is 12.0 Å². The van der Waals surface area contributed by atoms with Crippen molar-refractivity contribution in [1.29, 1.82) is 0 Å². The molecule has 2 aromatic carbocycles. The van der Waals surface area contributed by atoms with Crippen molar-refractivity contribution in [2.45, 2.75) is 26.8 Å². The number of esters is 1. The van der Waals surface area contributed by atoms with Crippen LogP contribution in [0.3, 0.4) is 0 Å². The number of fused-ring (bicyclic) bond motifs is 1. The number of aromatic nitrogens is 1. The van der Waals surface area contributed by atoms with Crippen molar-refractivity contribution in [2.75, 3.05) is 20.3 Å². The second-order valence-corrected chi connectivity index (χ2v) is 8.52. The Morgan fingerprint density at radius 1 is 1.09 bits per heavy atom. The van der Waals surface area contributed by atoms with Crippen molar-refractivity contribution in [3.8, 4) is 11.5 Å². The minimum atomic E-state index is -0.724. The van der Waals surface area contributed by atoms with E-state index in [1.54, 1.807) is 31.6 Å². The third-order valence-electron chi connectivity index (χ3n) is 5.46. The number of benzene rings is 2. The van der Waals surface area contributed by atoms with E-state index in [1.165, 1.54) is 11.3 Å². The van der Waals surface area contributed by atoms with Gasteiger partial charge in [0.2, 0.25) is 0 Å². The molecule has 0 aliphatic carbocycles. The molecule has 0 radical (unpaired) electrons. The number of nitrogens with zero attached hydrogens (tertiary/aromatic N) is 2. The van der Waals surface area contributed by atoms with Crippen LogP contribution in [0.25, 0.3) is 6.08 Å². The van der Waals surface area contributed by atoms with Crippen LogP contribution >= 0.6 is 11.3 Å². The summed E-state index contributed by atoms with van der Waals surface area (Å²) in [7, 11) is 1.59. The summed E-state index contributed by atoms with van der Waals surface area (Å²) in [6, 6.07) is 14.2. The fraction of sp³-hybridized carbons (Fsp3) is 0.269. The Hall–Kier alpha value is -3.65. The predicted molar refractivity (Wildman–Crippen MR) is 131 cm³/mol. The van der Waals surface area contributed by atoms with Crippen LogP contribution in [0, 0.1) is 0 Å². The van der Waals surface area contributed by atoms with Gasteiger partial charge >= 0.3 is 5.97 Å². The first-order valence-electron chi connectivity index (χ1n) is 11.0. The number of rotatable bonds is 7. The van der Waals surface area contributed by atoms with Crippen molar-refractivity contribution in [1.82, 2.24) is 4.57 Å². The third kappa shape index (κ3) is 4.28. The molecule has 4 rings (SSSR count).